The number of alkyl halides is 2. The molecule has 0 bridgehead atoms. The Bertz CT molecular complexity index is 1720. The molecule has 2 heterocycles. The largest absolute Gasteiger partial charge is 0.486 e. The lowest BCUT2D eigenvalue weighted by Crippen LogP contribution is -2.46. The molecular formula is C33H34F2N4O6. The van der Waals surface area contributed by atoms with Gasteiger partial charge in [0, 0.05) is 17.9 Å². The lowest BCUT2D eigenvalue weighted by atomic mass is 10.0. The third-order valence-corrected chi connectivity index (χ3v) is 8.06. The number of aromatic nitrogens is 2. The van der Waals surface area contributed by atoms with Crippen molar-refractivity contribution in [2.45, 2.75) is 63.3 Å². The number of aliphatic hydroxyl groups excluding tert-OH is 1. The minimum atomic E-state index is -3.56. The van der Waals surface area contributed by atoms with Gasteiger partial charge < -0.3 is 30.0 Å². The van der Waals surface area contributed by atoms with Crippen LogP contribution in [-0.4, -0.2) is 64.0 Å². The van der Waals surface area contributed by atoms with Gasteiger partial charge in [-0.2, -0.15) is 13.9 Å². The van der Waals surface area contributed by atoms with E-state index in [1.165, 1.54) is 0 Å². The zero-order chi connectivity index (χ0) is 31.7. The highest BCUT2D eigenvalue weighted by atomic mass is 19.3. The predicted octanol–water partition coefficient (Wildman–Crippen LogP) is 4.72. The number of hydrogen-bond acceptors (Lipinski definition) is 7. The van der Waals surface area contributed by atoms with Gasteiger partial charge in [-0.1, -0.05) is 12.1 Å². The molecule has 236 valence electrons. The summed E-state index contributed by atoms with van der Waals surface area (Å²) in [4.78, 5) is 25.1. The second-order valence-electron chi connectivity index (χ2n) is 11.5. The van der Waals surface area contributed by atoms with Crippen LogP contribution in [0.15, 0.2) is 66.9 Å². The fraction of sp³-hybridized carbons (Fsp3) is 0.364. The van der Waals surface area contributed by atoms with Gasteiger partial charge in [-0.25, -0.2) is 4.68 Å². The summed E-state index contributed by atoms with van der Waals surface area (Å²) in [7, 11) is 0. The Hall–Kier alpha value is -4.71. The minimum Gasteiger partial charge on any atom is -0.486 e. The average Bonchev–Trinajstić information content (AvgIpc) is 3.64. The summed E-state index contributed by atoms with van der Waals surface area (Å²) in [5.41, 5.74) is 2.46. The van der Waals surface area contributed by atoms with E-state index in [1.54, 1.807) is 66.3 Å². The van der Waals surface area contributed by atoms with E-state index >= 15 is 0 Å². The number of benzene rings is 3. The molecule has 3 N–H and O–H groups in total. The molecule has 1 aliphatic heterocycles. The predicted molar refractivity (Wildman–Crippen MR) is 161 cm³/mol. The van der Waals surface area contributed by atoms with Gasteiger partial charge in [0.2, 0.25) is 0 Å². The van der Waals surface area contributed by atoms with Gasteiger partial charge in [0.25, 0.3) is 11.8 Å². The molecule has 6 rings (SSSR count). The molecule has 4 atom stereocenters. The summed E-state index contributed by atoms with van der Waals surface area (Å²) in [6.45, 7) is 2.93. The Morgan fingerprint density at radius 1 is 1.07 bits per heavy atom. The number of amides is 2. The average molecular weight is 621 g/mol. The number of halogens is 2. The van der Waals surface area contributed by atoms with Crippen LogP contribution in [0.25, 0.3) is 16.6 Å². The van der Waals surface area contributed by atoms with E-state index in [0.29, 0.717) is 60.6 Å². The quantitative estimate of drug-likeness (QED) is 0.248. The standard InChI is InChI=1S/C33H34F2N4O6/c1-19(37-32(42)33(2,34)35)30(20-9-12-28-29(17-20)44-14-13-43-28)45-24-10-11-26-22(16-24)18-36-39(26)23-6-3-5-21(15-23)31(41)38-25-7-4-8-27(25)40/h3,5-6,9-12,15-19,25,27,30,40H,4,7-8,13-14H2,1-2H3,(H,37,42)(H,38,41)/t19-,25+,27-,30-/m0/s1. The normalized spacial score (nSPS) is 19.1. The van der Waals surface area contributed by atoms with Crippen LogP contribution >= 0.6 is 0 Å². The number of aliphatic hydroxyl groups is 1. The highest BCUT2D eigenvalue weighted by molar-refractivity contribution is 5.95. The molecule has 1 saturated carbocycles. The van der Waals surface area contributed by atoms with Crippen LogP contribution in [-0.2, 0) is 4.79 Å². The first-order chi connectivity index (χ1) is 21.6. The van der Waals surface area contributed by atoms with Crippen molar-refractivity contribution in [3.63, 3.8) is 0 Å². The van der Waals surface area contributed by atoms with Crippen molar-refractivity contribution in [2.75, 3.05) is 13.2 Å². The third kappa shape index (κ3) is 6.56. The molecular weight excluding hydrogens is 586 g/mol. The molecule has 2 aliphatic rings. The van der Waals surface area contributed by atoms with Crippen molar-refractivity contribution in [1.82, 2.24) is 20.4 Å². The maximum Gasteiger partial charge on any atom is 0.321 e. The zero-order valence-corrected chi connectivity index (χ0v) is 24.8. The third-order valence-electron chi connectivity index (χ3n) is 8.06. The van der Waals surface area contributed by atoms with Crippen molar-refractivity contribution in [3.05, 3.63) is 78.0 Å². The number of nitrogens with zero attached hydrogens (tertiary/aromatic N) is 2. The summed E-state index contributed by atoms with van der Waals surface area (Å²) in [5.74, 6) is -3.75. The van der Waals surface area contributed by atoms with Crippen LogP contribution in [0, 0.1) is 0 Å². The second-order valence-corrected chi connectivity index (χ2v) is 11.5. The first-order valence-corrected chi connectivity index (χ1v) is 14.9. The van der Waals surface area contributed by atoms with Crippen LogP contribution in [0.5, 0.6) is 17.2 Å². The number of hydrogen-bond donors (Lipinski definition) is 3. The monoisotopic (exact) mass is 620 g/mol. The lowest BCUT2D eigenvalue weighted by Gasteiger charge is -2.28. The van der Waals surface area contributed by atoms with Crippen molar-refractivity contribution in [1.29, 1.82) is 0 Å². The number of fused-ring (bicyclic) bond motifs is 2. The van der Waals surface area contributed by atoms with E-state index in [-0.39, 0.29) is 11.9 Å². The molecule has 4 aromatic rings. The van der Waals surface area contributed by atoms with Crippen molar-refractivity contribution >= 4 is 22.7 Å². The molecule has 1 aliphatic carbocycles. The Labute approximate surface area is 258 Å². The molecule has 0 unspecified atom stereocenters. The van der Waals surface area contributed by atoms with Crippen molar-refractivity contribution in [3.8, 4) is 22.9 Å². The van der Waals surface area contributed by atoms with Gasteiger partial charge in [0.1, 0.15) is 25.1 Å². The van der Waals surface area contributed by atoms with Crippen LogP contribution in [0.2, 0.25) is 0 Å². The van der Waals surface area contributed by atoms with Crippen LogP contribution in [0.4, 0.5) is 8.78 Å². The van der Waals surface area contributed by atoms with Gasteiger partial charge in [0.15, 0.2) is 11.5 Å². The molecule has 1 fully saturated rings. The summed E-state index contributed by atoms with van der Waals surface area (Å²) in [6, 6.07) is 16.5. The van der Waals surface area contributed by atoms with Crippen molar-refractivity contribution in [2.24, 2.45) is 0 Å². The minimum absolute atomic E-state index is 0.259. The highest BCUT2D eigenvalue weighted by Gasteiger charge is 2.35. The van der Waals surface area contributed by atoms with E-state index < -0.39 is 30.1 Å². The Kier molecular flexibility index (Phi) is 8.32. The van der Waals surface area contributed by atoms with E-state index in [4.69, 9.17) is 14.2 Å². The van der Waals surface area contributed by atoms with Gasteiger partial charge in [0.05, 0.1) is 35.6 Å². The Balaban J connectivity index is 1.26. The highest BCUT2D eigenvalue weighted by Crippen LogP contribution is 2.36. The molecule has 0 radical (unpaired) electrons. The number of rotatable bonds is 9. The van der Waals surface area contributed by atoms with Crippen LogP contribution in [0.3, 0.4) is 0 Å². The SMILES string of the molecule is C[C@H](NC(=O)C(C)(F)F)[C@H](Oc1ccc2c(cnn2-c2cccc(C(=O)N[C@@H]3CCC[C@@H]3O)c2)c1)c1ccc2c(c1)OCCO2. The maximum atomic E-state index is 13.8. The summed E-state index contributed by atoms with van der Waals surface area (Å²) >= 11 is 0. The molecule has 0 spiro atoms. The molecule has 1 aromatic heterocycles. The summed E-state index contributed by atoms with van der Waals surface area (Å²) in [6.07, 6.45) is 2.56. The maximum absolute atomic E-state index is 13.8. The van der Waals surface area contributed by atoms with Gasteiger partial charge in [-0.3, -0.25) is 9.59 Å². The van der Waals surface area contributed by atoms with E-state index in [9.17, 15) is 23.5 Å². The van der Waals surface area contributed by atoms with E-state index in [2.05, 4.69) is 15.7 Å². The lowest BCUT2D eigenvalue weighted by molar-refractivity contribution is -0.144. The first-order valence-electron chi connectivity index (χ1n) is 14.9. The first kappa shape index (κ1) is 30.3. The fourth-order valence-electron chi connectivity index (χ4n) is 5.68. The topological polar surface area (TPSA) is 124 Å². The number of carbonyl (C=O) groups is 2. The number of ether oxygens (including phenoxy) is 3. The molecule has 12 heteroatoms. The second kappa shape index (κ2) is 12.4. The van der Waals surface area contributed by atoms with E-state index in [0.717, 1.165) is 23.7 Å². The van der Waals surface area contributed by atoms with Gasteiger partial charge >= 0.3 is 5.92 Å². The van der Waals surface area contributed by atoms with Crippen LogP contribution < -0.4 is 24.8 Å². The van der Waals surface area contributed by atoms with E-state index in [1.807, 2.05) is 12.1 Å². The molecule has 45 heavy (non-hydrogen) atoms. The zero-order valence-electron chi connectivity index (χ0n) is 24.8. The Morgan fingerprint density at radius 3 is 2.62 bits per heavy atom. The Morgan fingerprint density at radius 2 is 1.87 bits per heavy atom. The van der Waals surface area contributed by atoms with Crippen LogP contribution in [0.1, 0.15) is 55.1 Å². The molecule has 0 saturated heterocycles. The smallest absolute Gasteiger partial charge is 0.321 e. The molecule has 3 aromatic carbocycles. The number of nitrogens with one attached hydrogen (secondary N) is 2. The van der Waals surface area contributed by atoms with Crippen molar-refractivity contribution < 1.29 is 37.7 Å². The summed E-state index contributed by atoms with van der Waals surface area (Å²) < 4.78 is 46.9. The molecule has 10 nitrogen and oxygen atoms in total. The van der Waals surface area contributed by atoms with Gasteiger partial charge in [-0.05, 0) is 80.3 Å². The molecule has 2 amide bonds. The summed E-state index contributed by atoms with van der Waals surface area (Å²) in [5, 5.41) is 20.7. The van der Waals surface area contributed by atoms with Gasteiger partial charge in [-0.15, -0.1) is 0 Å². The fourth-order valence-corrected chi connectivity index (χ4v) is 5.68. The number of carbonyl (C=O) groups excluding carboxylic acids is 2.